The van der Waals surface area contributed by atoms with Crippen molar-refractivity contribution in [2.45, 2.75) is 31.2 Å². The van der Waals surface area contributed by atoms with Crippen LogP contribution in [0.25, 0.3) is 0 Å². The van der Waals surface area contributed by atoms with Gasteiger partial charge in [-0.1, -0.05) is 18.2 Å². The Morgan fingerprint density at radius 1 is 1.35 bits per heavy atom. The smallest absolute Gasteiger partial charge is 0.401 e. The molecule has 2 unspecified atom stereocenters. The third kappa shape index (κ3) is 5.90. The highest BCUT2D eigenvalue weighted by atomic mass is 127. The van der Waals surface area contributed by atoms with Gasteiger partial charge >= 0.3 is 6.18 Å². The van der Waals surface area contributed by atoms with Gasteiger partial charge in [0, 0.05) is 32.6 Å². The minimum atomic E-state index is -4.15. The Kier molecular flexibility index (Phi) is 7.39. The fourth-order valence-corrected chi connectivity index (χ4v) is 3.31. The van der Waals surface area contributed by atoms with Crippen molar-refractivity contribution >= 4 is 29.9 Å². The number of halogens is 4. The molecule has 2 aliphatic heterocycles. The summed E-state index contributed by atoms with van der Waals surface area (Å²) >= 11 is 0. The third-order valence-electron chi connectivity index (χ3n) is 4.45. The number of likely N-dealkylation sites (tertiary alicyclic amines) is 1. The van der Waals surface area contributed by atoms with Crippen LogP contribution in [0, 0.1) is 0 Å². The van der Waals surface area contributed by atoms with Crippen molar-refractivity contribution in [3.8, 4) is 5.75 Å². The van der Waals surface area contributed by atoms with Gasteiger partial charge in [0.25, 0.3) is 0 Å². The number of hydrogen-bond donors (Lipinski definition) is 2. The van der Waals surface area contributed by atoms with Gasteiger partial charge in [0.05, 0.1) is 13.1 Å². The first kappa shape index (κ1) is 21.1. The van der Waals surface area contributed by atoms with Gasteiger partial charge in [-0.05, 0) is 18.1 Å². The highest BCUT2D eigenvalue weighted by Crippen LogP contribution is 2.27. The average molecular weight is 484 g/mol. The van der Waals surface area contributed by atoms with Crippen molar-refractivity contribution < 1.29 is 17.9 Å². The van der Waals surface area contributed by atoms with Gasteiger partial charge < -0.3 is 15.4 Å². The largest absolute Gasteiger partial charge is 0.488 e. The number of nitrogens with one attached hydrogen (secondary N) is 2. The van der Waals surface area contributed by atoms with Crippen molar-refractivity contribution in [1.82, 2.24) is 15.5 Å². The predicted octanol–water partition coefficient (Wildman–Crippen LogP) is 2.41. The normalized spacial score (nSPS) is 23.2. The zero-order valence-electron chi connectivity index (χ0n) is 14.6. The Morgan fingerprint density at radius 2 is 2.12 bits per heavy atom. The molecule has 3 rings (SSSR count). The van der Waals surface area contributed by atoms with Crippen LogP contribution in [0.5, 0.6) is 5.75 Å². The summed E-state index contributed by atoms with van der Waals surface area (Å²) in [4.78, 5) is 5.58. The number of alkyl halides is 3. The maximum absolute atomic E-state index is 12.5. The molecule has 9 heteroatoms. The summed E-state index contributed by atoms with van der Waals surface area (Å²) in [6.07, 6.45) is -2.62. The lowest BCUT2D eigenvalue weighted by atomic mass is 10.1. The molecule has 26 heavy (non-hydrogen) atoms. The SMILES string of the molecule is CN=C(NCC1Cc2ccccc2O1)NC1CCN(CC(F)(F)F)C1.I. The van der Waals surface area contributed by atoms with Gasteiger partial charge in [0.1, 0.15) is 11.9 Å². The molecule has 0 amide bonds. The first-order chi connectivity index (χ1) is 11.9. The van der Waals surface area contributed by atoms with Crippen molar-refractivity contribution in [3.05, 3.63) is 29.8 Å². The topological polar surface area (TPSA) is 48.9 Å². The lowest BCUT2D eigenvalue weighted by molar-refractivity contribution is -0.143. The zero-order valence-corrected chi connectivity index (χ0v) is 16.9. The molecule has 0 radical (unpaired) electrons. The Bertz CT molecular complexity index is 601. The summed E-state index contributed by atoms with van der Waals surface area (Å²) in [6.45, 7) is 0.541. The first-order valence-corrected chi connectivity index (χ1v) is 8.44. The molecule has 5 nitrogen and oxygen atoms in total. The molecule has 0 aromatic heterocycles. The summed E-state index contributed by atoms with van der Waals surface area (Å²) in [6, 6.07) is 7.91. The van der Waals surface area contributed by atoms with Gasteiger partial charge in [-0.25, -0.2) is 0 Å². The van der Waals surface area contributed by atoms with E-state index in [0.717, 1.165) is 12.2 Å². The number of guanidine groups is 1. The van der Waals surface area contributed by atoms with E-state index in [1.165, 1.54) is 10.5 Å². The van der Waals surface area contributed by atoms with Crippen LogP contribution in [0.2, 0.25) is 0 Å². The van der Waals surface area contributed by atoms with Crippen LogP contribution in [0.1, 0.15) is 12.0 Å². The van der Waals surface area contributed by atoms with Crippen LogP contribution in [-0.4, -0.2) is 62.4 Å². The Hall–Kier alpha value is -1.23. The van der Waals surface area contributed by atoms with Gasteiger partial charge in [-0.15, -0.1) is 24.0 Å². The molecule has 2 aliphatic rings. The van der Waals surface area contributed by atoms with E-state index in [0.29, 0.717) is 32.0 Å². The molecule has 2 atom stereocenters. The lowest BCUT2D eigenvalue weighted by Gasteiger charge is -2.20. The van der Waals surface area contributed by atoms with Crippen molar-refractivity contribution in [1.29, 1.82) is 0 Å². The van der Waals surface area contributed by atoms with E-state index >= 15 is 0 Å². The van der Waals surface area contributed by atoms with Crippen LogP contribution < -0.4 is 15.4 Å². The van der Waals surface area contributed by atoms with Crippen LogP contribution >= 0.6 is 24.0 Å². The van der Waals surface area contributed by atoms with E-state index in [2.05, 4.69) is 21.7 Å². The molecule has 1 aromatic rings. The number of ether oxygens (including phenoxy) is 1. The van der Waals surface area contributed by atoms with Crippen LogP contribution in [0.4, 0.5) is 13.2 Å². The highest BCUT2D eigenvalue weighted by Gasteiger charge is 2.34. The minimum Gasteiger partial charge on any atom is -0.488 e. The van der Waals surface area contributed by atoms with Gasteiger partial charge in [0.2, 0.25) is 0 Å². The molecule has 1 fully saturated rings. The van der Waals surface area contributed by atoms with Gasteiger partial charge in [0.15, 0.2) is 5.96 Å². The third-order valence-corrected chi connectivity index (χ3v) is 4.45. The number of rotatable bonds is 4. The Balaban J connectivity index is 0.00000243. The van der Waals surface area contributed by atoms with Gasteiger partial charge in [-0.3, -0.25) is 9.89 Å². The standard InChI is InChI=1S/C17H23F3N4O.HI/c1-21-16(23-13-6-7-24(10-13)11-17(18,19)20)22-9-14-8-12-4-2-3-5-15(12)25-14;/h2-5,13-14H,6-11H2,1H3,(H2,21,22,23);1H. The number of fused-ring (bicyclic) bond motifs is 1. The molecule has 1 saturated heterocycles. The molecule has 2 heterocycles. The summed E-state index contributed by atoms with van der Waals surface area (Å²) in [5.41, 5.74) is 1.19. The van der Waals surface area contributed by atoms with E-state index in [9.17, 15) is 13.2 Å². The predicted molar refractivity (Wildman–Crippen MR) is 105 cm³/mol. The van der Waals surface area contributed by atoms with Crippen molar-refractivity contribution in [2.75, 3.05) is 33.2 Å². The molecule has 1 aromatic carbocycles. The molecular formula is C17H24F3IN4O. The minimum absolute atomic E-state index is 0. The number of aliphatic imine (C=N–C) groups is 1. The average Bonchev–Trinajstić information content (AvgIpc) is 3.15. The number of nitrogens with zero attached hydrogens (tertiary/aromatic N) is 2. The summed E-state index contributed by atoms with van der Waals surface area (Å²) in [5, 5.41) is 6.41. The molecule has 0 saturated carbocycles. The second kappa shape index (κ2) is 9.12. The Morgan fingerprint density at radius 3 is 2.81 bits per heavy atom. The van der Waals surface area contributed by atoms with Crippen LogP contribution in [0.3, 0.4) is 0 Å². The molecule has 146 valence electrons. The molecule has 0 bridgehead atoms. The van der Waals surface area contributed by atoms with Crippen LogP contribution in [-0.2, 0) is 6.42 Å². The van der Waals surface area contributed by atoms with Crippen molar-refractivity contribution in [2.24, 2.45) is 4.99 Å². The molecule has 0 aliphatic carbocycles. The maximum atomic E-state index is 12.5. The quantitative estimate of drug-likeness (QED) is 0.392. The number of hydrogen-bond acceptors (Lipinski definition) is 3. The number of para-hydroxylation sites is 1. The first-order valence-electron chi connectivity index (χ1n) is 8.44. The molecular weight excluding hydrogens is 460 g/mol. The molecule has 0 spiro atoms. The number of benzene rings is 1. The van der Waals surface area contributed by atoms with E-state index in [-0.39, 0.29) is 36.1 Å². The monoisotopic (exact) mass is 484 g/mol. The summed E-state index contributed by atoms with van der Waals surface area (Å²) in [5.74, 6) is 1.51. The van der Waals surface area contributed by atoms with E-state index < -0.39 is 12.7 Å². The maximum Gasteiger partial charge on any atom is 0.401 e. The highest BCUT2D eigenvalue weighted by molar-refractivity contribution is 14.0. The molecule has 2 N–H and O–H groups in total. The zero-order chi connectivity index (χ0) is 17.9. The second-order valence-corrected chi connectivity index (χ2v) is 6.49. The van der Waals surface area contributed by atoms with E-state index in [4.69, 9.17) is 4.74 Å². The fourth-order valence-electron chi connectivity index (χ4n) is 3.31. The fraction of sp³-hybridized carbons (Fsp3) is 0.588. The Labute approximate surface area is 168 Å². The lowest BCUT2D eigenvalue weighted by Crippen LogP contribution is -2.47. The van der Waals surface area contributed by atoms with Crippen LogP contribution in [0.15, 0.2) is 29.3 Å². The van der Waals surface area contributed by atoms with Crippen molar-refractivity contribution in [3.63, 3.8) is 0 Å². The van der Waals surface area contributed by atoms with E-state index in [1.54, 1.807) is 7.05 Å². The van der Waals surface area contributed by atoms with E-state index in [1.807, 2.05) is 18.2 Å². The summed E-state index contributed by atoms with van der Waals surface area (Å²) < 4.78 is 43.2. The second-order valence-electron chi connectivity index (χ2n) is 6.49. The van der Waals surface area contributed by atoms with Gasteiger partial charge in [-0.2, -0.15) is 13.2 Å². The summed E-state index contributed by atoms with van der Waals surface area (Å²) in [7, 11) is 1.65.